The Morgan fingerprint density at radius 3 is 2.60 bits per heavy atom. The predicted octanol–water partition coefficient (Wildman–Crippen LogP) is 4.43. The zero-order chi connectivity index (χ0) is 17.4. The van der Waals surface area contributed by atoms with Crippen molar-refractivity contribution < 1.29 is 9.53 Å². The number of piperidine rings is 1. The molecule has 1 aromatic carbocycles. The summed E-state index contributed by atoms with van der Waals surface area (Å²) in [6, 6.07) is 6.74. The van der Waals surface area contributed by atoms with Gasteiger partial charge in [0.25, 0.3) is 0 Å². The summed E-state index contributed by atoms with van der Waals surface area (Å²) >= 11 is 0. The number of methoxy groups -OCH3 is 1. The Balaban J connectivity index is 1.46. The van der Waals surface area contributed by atoms with Crippen LogP contribution in [0, 0.1) is 11.8 Å². The smallest absolute Gasteiger partial charge is 0.162 e. The number of ether oxygens (including phenoxy) is 1. The normalized spacial score (nSPS) is 29.3. The van der Waals surface area contributed by atoms with E-state index < -0.39 is 0 Å². The van der Waals surface area contributed by atoms with Crippen LogP contribution in [0.1, 0.15) is 60.9 Å². The van der Waals surface area contributed by atoms with Crippen molar-refractivity contribution >= 4 is 5.78 Å². The molecule has 3 heteroatoms. The Kier molecular flexibility index (Phi) is 4.68. The molecule has 1 saturated carbocycles. The van der Waals surface area contributed by atoms with E-state index in [1.165, 1.54) is 31.5 Å². The Hall–Kier alpha value is -1.61. The molecule has 2 aliphatic carbocycles. The second-order valence-corrected chi connectivity index (χ2v) is 7.89. The van der Waals surface area contributed by atoms with Crippen molar-refractivity contribution in [1.82, 2.24) is 4.90 Å². The van der Waals surface area contributed by atoms with E-state index in [1.54, 1.807) is 7.11 Å². The standard InChI is InChI=1S/C22H29NO2/c1-3-21(24)18-6-7-22(25-2)19(14-18)16-8-10-23(11-9-16)20-13-15-4-5-17(20)12-15/h4-7,14-17,20H,3,8-13H2,1-2H3/t15-,17-,20+/m0/s1. The number of nitrogens with zero attached hydrogens (tertiary/aromatic N) is 1. The van der Waals surface area contributed by atoms with Gasteiger partial charge in [-0.3, -0.25) is 9.69 Å². The largest absolute Gasteiger partial charge is 0.496 e. The molecule has 0 aromatic heterocycles. The van der Waals surface area contributed by atoms with E-state index in [1.807, 2.05) is 19.1 Å². The fourth-order valence-electron chi connectivity index (χ4n) is 5.14. The second kappa shape index (κ2) is 6.95. The van der Waals surface area contributed by atoms with E-state index >= 15 is 0 Å². The lowest BCUT2D eigenvalue weighted by Crippen LogP contribution is -2.43. The maximum Gasteiger partial charge on any atom is 0.162 e. The average molecular weight is 339 g/mol. The molecule has 1 saturated heterocycles. The molecule has 3 nitrogen and oxygen atoms in total. The van der Waals surface area contributed by atoms with Gasteiger partial charge in [0.15, 0.2) is 5.78 Å². The summed E-state index contributed by atoms with van der Waals surface area (Å²) in [6.45, 7) is 4.26. The topological polar surface area (TPSA) is 29.5 Å². The van der Waals surface area contributed by atoms with Crippen molar-refractivity contribution in [3.05, 3.63) is 41.5 Å². The predicted molar refractivity (Wildman–Crippen MR) is 100 cm³/mol. The second-order valence-electron chi connectivity index (χ2n) is 7.89. The van der Waals surface area contributed by atoms with Crippen molar-refractivity contribution in [3.63, 3.8) is 0 Å². The van der Waals surface area contributed by atoms with Crippen LogP contribution in [0.2, 0.25) is 0 Å². The molecular formula is C22H29NO2. The van der Waals surface area contributed by atoms with Crippen molar-refractivity contribution in [2.45, 2.75) is 51.0 Å². The van der Waals surface area contributed by atoms with Crippen molar-refractivity contribution in [3.8, 4) is 5.75 Å². The van der Waals surface area contributed by atoms with E-state index in [-0.39, 0.29) is 5.78 Å². The highest BCUT2D eigenvalue weighted by Crippen LogP contribution is 2.44. The number of likely N-dealkylation sites (tertiary alicyclic amines) is 1. The number of benzene rings is 1. The van der Waals surface area contributed by atoms with Crippen LogP contribution in [-0.2, 0) is 0 Å². The van der Waals surface area contributed by atoms with Gasteiger partial charge in [0.2, 0.25) is 0 Å². The van der Waals surface area contributed by atoms with Gasteiger partial charge in [-0.05, 0) is 80.3 Å². The molecule has 2 fully saturated rings. The highest BCUT2D eigenvalue weighted by atomic mass is 16.5. The molecule has 4 rings (SSSR count). The van der Waals surface area contributed by atoms with E-state index in [0.717, 1.165) is 42.0 Å². The van der Waals surface area contributed by atoms with Crippen molar-refractivity contribution in [2.24, 2.45) is 11.8 Å². The minimum absolute atomic E-state index is 0.218. The first kappa shape index (κ1) is 16.8. The summed E-state index contributed by atoms with van der Waals surface area (Å²) in [7, 11) is 1.73. The third-order valence-corrected chi connectivity index (χ3v) is 6.56. The maximum atomic E-state index is 12.1. The first-order valence-electron chi connectivity index (χ1n) is 9.83. The number of hydrogen-bond acceptors (Lipinski definition) is 3. The molecule has 0 spiro atoms. The van der Waals surface area contributed by atoms with E-state index in [2.05, 4.69) is 23.1 Å². The van der Waals surface area contributed by atoms with Crippen LogP contribution in [0.4, 0.5) is 0 Å². The van der Waals surface area contributed by atoms with Crippen LogP contribution in [-0.4, -0.2) is 36.9 Å². The number of carbonyl (C=O) groups is 1. The van der Waals surface area contributed by atoms with Gasteiger partial charge in [-0.15, -0.1) is 0 Å². The van der Waals surface area contributed by atoms with Crippen LogP contribution in [0.15, 0.2) is 30.4 Å². The highest BCUT2D eigenvalue weighted by Gasteiger charge is 2.40. The average Bonchev–Trinajstić information content (AvgIpc) is 3.30. The first-order chi connectivity index (χ1) is 12.2. The van der Waals surface area contributed by atoms with Gasteiger partial charge in [-0.1, -0.05) is 19.1 Å². The summed E-state index contributed by atoms with van der Waals surface area (Å²) in [4.78, 5) is 14.8. The summed E-state index contributed by atoms with van der Waals surface area (Å²) in [5.41, 5.74) is 2.06. The first-order valence-corrected chi connectivity index (χ1v) is 9.83. The molecule has 3 aliphatic rings. The molecule has 0 unspecified atom stereocenters. The molecule has 0 amide bonds. The van der Waals surface area contributed by atoms with Gasteiger partial charge >= 0.3 is 0 Å². The Morgan fingerprint density at radius 2 is 2.00 bits per heavy atom. The van der Waals surface area contributed by atoms with Crippen LogP contribution in [0.5, 0.6) is 5.75 Å². The molecule has 25 heavy (non-hydrogen) atoms. The molecule has 3 atom stereocenters. The van der Waals surface area contributed by atoms with Gasteiger partial charge < -0.3 is 4.74 Å². The van der Waals surface area contributed by atoms with Gasteiger partial charge in [-0.25, -0.2) is 0 Å². The fraction of sp³-hybridized carbons (Fsp3) is 0.591. The Labute approximate surface area is 151 Å². The van der Waals surface area contributed by atoms with Gasteiger partial charge in [-0.2, -0.15) is 0 Å². The van der Waals surface area contributed by atoms with Gasteiger partial charge in [0, 0.05) is 18.0 Å². The number of carbonyl (C=O) groups excluding carboxylic acids is 1. The molecule has 1 aliphatic heterocycles. The molecular weight excluding hydrogens is 310 g/mol. The maximum absolute atomic E-state index is 12.1. The Bertz CT molecular complexity index is 673. The lowest BCUT2D eigenvalue weighted by atomic mass is 9.86. The fourth-order valence-corrected chi connectivity index (χ4v) is 5.14. The molecule has 134 valence electrons. The third-order valence-electron chi connectivity index (χ3n) is 6.56. The van der Waals surface area contributed by atoms with Crippen LogP contribution in [0.25, 0.3) is 0 Å². The Morgan fingerprint density at radius 1 is 1.20 bits per heavy atom. The van der Waals surface area contributed by atoms with Crippen molar-refractivity contribution in [1.29, 1.82) is 0 Å². The molecule has 1 heterocycles. The van der Waals surface area contributed by atoms with Crippen molar-refractivity contribution in [2.75, 3.05) is 20.2 Å². The molecule has 0 radical (unpaired) electrons. The SMILES string of the molecule is CCC(=O)c1ccc(OC)c(C2CCN([C@@H]3C[C@H]4C=C[C@H]3C4)CC2)c1. The van der Waals surface area contributed by atoms with E-state index in [9.17, 15) is 4.79 Å². The van der Waals surface area contributed by atoms with E-state index in [4.69, 9.17) is 4.74 Å². The summed E-state index contributed by atoms with van der Waals surface area (Å²) in [6.07, 6.45) is 10.5. The monoisotopic (exact) mass is 339 g/mol. The highest BCUT2D eigenvalue weighted by molar-refractivity contribution is 5.96. The minimum Gasteiger partial charge on any atom is -0.496 e. The van der Waals surface area contributed by atoms with E-state index in [0.29, 0.717) is 12.3 Å². The third kappa shape index (κ3) is 3.15. The summed E-state index contributed by atoms with van der Waals surface area (Å²) in [5.74, 6) is 3.29. The zero-order valence-corrected chi connectivity index (χ0v) is 15.4. The molecule has 0 N–H and O–H groups in total. The number of ketones is 1. The summed E-state index contributed by atoms with van der Waals surface area (Å²) in [5, 5.41) is 0. The number of rotatable bonds is 5. The number of Topliss-reactive ketones (excluding diaryl/α,β-unsaturated/α-hetero) is 1. The van der Waals surface area contributed by atoms with Gasteiger partial charge in [0.05, 0.1) is 7.11 Å². The van der Waals surface area contributed by atoms with Gasteiger partial charge in [0.1, 0.15) is 5.75 Å². The molecule has 1 aromatic rings. The lowest BCUT2D eigenvalue weighted by molar-refractivity contribution is 0.0988. The number of allylic oxidation sites excluding steroid dienone is 1. The summed E-state index contributed by atoms with van der Waals surface area (Å²) < 4.78 is 5.60. The molecule has 2 bridgehead atoms. The van der Waals surface area contributed by atoms with Crippen LogP contribution < -0.4 is 4.74 Å². The minimum atomic E-state index is 0.218. The quantitative estimate of drug-likeness (QED) is 0.587. The van der Waals surface area contributed by atoms with Crippen LogP contribution in [0.3, 0.4) is 0 Å². The lowest BCUT2D eigenvalue weighted by Gasteiger charge is -2.39. The van der Waals surface area contributed by atoms with Crippen LogP contribution >= 0.6 is 0 Å². The number of fused-ring (bicyclic) bond motifs is 2. The number of hydrogen-bond donors (Lipinski definition) is 0. The zero-order valence-electron chi connectivity index (χ0n) is 15.4.